The maximum atomic E-state index is 13.5. The lowest BCUT2D eigenvalue weighted by Crippen LogP contribution is -2.40. The van der Waals surface area contributed by atoms with Gasteiger partial charge in [0.05, 0.1) is 12.2 Å². The SMILES string of the molecule is Cc1ccc(C2(O)C(=O)N(Cc3ccc(-c4ccncc4)cc3)c3ccccc32)cc1. The van der Waals surface area contributed by atoms with Gasteiger partial charge in [-0.25, -0.2) is 0 Å². The lowest BCUT2D eigenvalue weighted by molar-refractivity contribution is -0.132. The molecule has 3 aromatic carbocycles. The van der Waals surface area contributed by atoms with Crippen LogP contribution < -0.4 is 4.90 Å². The minimum absolute atomic E-state index is 0.323. The molecule has 0 saturated heterocycles. The third kappa shape index (κ3) is 3.22. The van der Waals surface area contributed by atoms with E-state index in [4.69, 9.17) is 0 Å². The van der Waals surface area contributed by atoms with Crippen molar-refractivity contribution in [2.45, 2.75) is 19.1 Å². The van der Waals surface area contributed by atoms with Crippen LogP contribution in [0.2, 0.25) is 0 Å². The predicted octanol–water partition coefficient (Wildman–Crippen LogP) is 4.84. The van der Waals surface area contributed by atoms with Gasteiger partial charge in [0.2, 0.25) is 0 Å². The van der Waals surface area contributed by atoms with Gasteiger partial charge in [-0.1, -0.05) is 72.3 Å². The van der Waals surface area contributed by atoms with Crippen molar-refractivity contribution in [3.8, 4) is 11.1 Å². The molecule has 1 unspecified atom stereocenters. The van der Waals surface area contributed by atoms with Crippen LogP contribution >= 0.6 is 0 Å². The zero-order valence-corrected chi connectivity index (χ0v) is 17.2. The van der Waals surface area contributed by atoms with E-state index in [0.29, 0.717) is 17.7 Å². The van der Waals surface area contributed by atoms with Crippen molar-refractivity contribution in [2.24, 2.45) is 0 Å². The van der Waals surface area contributed by atoms with Crippen LogP contribution in [0.3, 0.4) is 0 Å². The lowest BCUT2D eigenvalue weighted by Gasteiger charge is -2.24. The second kappa shape index (κ2) is 7.49. The minimum atomic E-state index is -1.68. The molecule has 2 heterocycles. The van der Waals surface area contributed by atoms with E-state index in [9.17, 15) is 9.90 Å². The predicted molar refractivity (Wildman–Crippen MR) is 121 cm³/mol. The average Bonchev–Trinajstić information content (AvgIpc) is 3.03. The van der Waals surface area contributed by atoms with E-state index < -0.39 is 5.60 Å². The molecule has 4 aromatic rings. The Balaban J connectivity index is 1.49. The molecule has 1 aliphatic rings. The standard InChI is InChI=1S/C27H22N2O2/c1-19-6-12-23(13-7-19)27(31)24-4-2-3-5-25(24)29(26(27)30)18-20-8-10-21(11-9-20)22-14-16-28-17-15-22/h2-17,31H,18H2,1H3. The number of benzene rings is 3. The first-order valence-corrected chi connectivity index (χ1v) is 10.3. The van der Waals surface area contributed by atoms with E-state index in [-0.39, 0.29) is 5.91 Å². The molecule has 152 valence electrons. The molecule has 4 heteroatoms. The molecule has 5 rings (SSSR count). The summed E-state index contributed by atoms with van der Waals surface area (Å²) < 4.78 is 0. The summed E-state index contributed by atoms with van der Waals surface area (Å²) in [7, 11) is 0. The fraction of sp³-hybridized carbons (Fsp3) is 0.111. The van der Waals surface area contributed by atoms with Gasteiger partial charge in [-0.05, 0) is 47.4 Å². The van der Waals surface area contributed by atoms with E-state index >= 15 is 0 Å². The second-order valence-corrected chi connectivity index (χ2v) is 7.92. The zero-order chi connectivity index (χ0) is 21.4. The first kappa shape index (κ1) is 19.2. The van der Waals surface area contributed by atoms with Crippen LogP contribution in [0.15, 0.2) is 97.3 Å². The van der Waals surface area contributed by atoms with Gasteiger partial charge >= 0.3 is 0 Å². The summed E-state index contributed by atoms with van der Waals surface area (Å²) in [5.74, 6) is -0.323. The number of aryl methyl sites for hydroxylation is 1. The number of pyridine rings is 1. The Morgan fingerprint density at radius 3 is 2.19 bits per heavy atom. The van der Waals surface area contributed by atoms with Crippen LogP contribution in [-0.2, 0) is 16.9 Å². The van der Waals surface area contributed by atoms with Gasteiger partial charge in [0, 0.05) is 18.0 Å². The molecule has 4 nitrogen and oxygen atoms in total. The molecule has 0 fully saturated rings. The van der Waals surface area contributed by atoms with E-state index in [1.54, 1.807) is 17.3 Å². The van der Waals surface area contributed by atoms with Crippen molar-refractivity contribution in [3.05, 3.63) is 120 Å². The Morgan fingerprint density at radius 1 is 0.839 bits per heavy atom. The maximum absolute atomic E-state index is 13.5. The molecule has 1 N–H and O–H groups in total. The lowest BCUT2D eigenvalue weighted by atomic mass is 9.87. The molecule has 1 atom stereocenters. The van der Waals surface area contributed by atoms with Crippen LogP contribution in [0.25, 0.3) is 11.1 Å². The van der Waals surface area contributed by atoms with Gasteiger partial charge in [0.25, 0.3) is 5.91 Å². The van der Waals surface area contributed by atoms with Crippen LogP contribution in [0.1, 0.15) is 22.3 Å². The monoisotopic (exact) mass is 406 g/mol. The number of amides is 1. The van der Waals surface area contributed by atoms with Crippen LogP contribution in [0.5, 0.6) is 0 Å². The Labute approximate surface area is 181 Å². The fourth-order valence-corrected chi connectivity index (χ4v) is 4.20. The summed E-state index contributed by atoms with van der Waals surface area (Å²) in [6, 6.07) is 27.1. The Hall–Kier alpha value is -3.76. The summed E-state index contributed by atoms with van der Waals surface area (Å²) >= 11 is 0. The van der Waals surface area contributed by atoms with Crippen molar-refractivity contribution in [3.63, 3.8) is 0 Å². The van der Waals surface area contributed by atoms with E-state index in [1.165, 1.54) is 0 Å². The molecular formula is C27H22N2O2. The third-order valence-electron chi connectivity index (χ3n) is 5.92. The number of aromatic nitrogens is 1. The normalized spacial score (nSPS) is 17.6. The quantitative estimate of drug-likeness (QED) is 0.528. The summed E-state index contributed by atoms with van der Waals surface area (Å²) in [5.41, 5.74) is 4.54. The average molecular weight is 406 g/mol. The van der Waals surface area contributed by atoms with Crippen LogP contribution in [0.4, 0.5) is 5.69 Å². The number of hydrogen-bond acceptors (Lipinski definition) is 3. The Kier molecular flexibility index (Phi) is 4.64. The first-order valence-electron chi connectivity index (χ1n) is 10.3. The zero-order valence-electron chi connectivity index (χ0n) is 17.2. The van der Waals surface area contributed by atoms with Crippen LogP contribution in [0, 0.1) is 6.92 Å². The number of fused-ring (bicyclic) bond motifs is 1. The van der Waals surface area contributed by atoms with Crippen molar-refractivity contribution in [2.75, 3.05) is 4.90 Å². The number of carbonyl (C=O) groups excluding carboxylic acids is 1. The van der Waals surface area contributed by atoms with E-state index in [0.717, 1.165) is 27.9 Å². The maximum Gasteiger partial charge on any atom is 0.268 e. The highest BCUT2D eigenvalue weighted by molar-refractivity contribution is 6.09. The van der Waals surface area contributed by atoms with Gasteiger partial charge in [0.1, 0.15) is 0 Å². The summed E-state index contributed by atoms with van der Waals surface area (Å²) in [6.07, 6.45) is 3.55. The molecular weight excluding hydrogens is 384 g/mol. The van der Waals surface area contributed by atoms with Crippen molar-refractivity contribution >= 4 is 11.6 Å². The first-order chi connectivity index (χ1) is 15.1. The molecule has 0 aliphatic carbocycles. The largest absolute Gasteiger partial charge is 0.372 e. The molecule has 0 radical (unpaired) electrons. The van der Waals surface area contributed by atoms with Gasteiger partial charge < -0.3 is 10.0 Å². The van der Waals surface area contributed by atoms with Gasteiger partial charge in [-0.3, -0.25) is 9.78 Å². The van der Waals surface area contributed by atoms with Crippen molar-refractivity contribution in [1.29, 1.82) is 0 Å². The molecule has 1 amide bonds. The van der Waals surface area contributed by atoms with Crippen molar-refractivity contribution < 1.29 is 9.90 Å². The summed E-state index contributed by atoms with van der Waals surface area (Å²) in [4.78, 5) is 19.3. The number of rotatable bonds is 4. The number of nitrogens with zero attached hydrogens (tertiary/aromatic N) is 2. The highest BCUT2D eigenvalue weighted by Crippen LogP contribution is 2.45. The fourth-order valence-electron chi connectivity index (χ4n) is 4.20. The summed E-state index contributed by atoms with van der Waals surface area (Å²) in [5, 5.41) is 11.6. The van der Waals surface area contributed by atoms with Gasteiger partial charge in [-0.2, -0.15) is 0 Å². The van der Waals surface area contributed by atoms with Gasteiger partial charge in [-0.15, -0.1) is 0 Å². The van der Waals surface area contributed by atoms with E-state index in [2.05, 4.69) is 4.98 Å². The number of para-hydroxylation sites is 1. The molecule has 0 saturated carbocycles. The number of carbonyl (C=O) groups is 1. The number of aliphatic hydroxyl groups is 1. The van der Waals surface area contributed by atoms with Crippen molar-refractivity contribution in [1.82, 2.24) is 4.98 Å². The molecule has 0 spiro atoms. The topological polar surface area (TPSA) is 53.4 Å². The third-order valence-corrected chi connectivity index (χ3v) is 5.92. The molecule has 1 aromatic heterocycles. The number of anilines is 1. The van der Waals surface area contributed by atoms with Crippen LogP contribution in [-0.4, -0.2) is 16.0 Å². The number of hydrogen-bond donors (Lipinski definition) is 1. The highest BCUT2D eigenvalue weighted by Gasteiger charge is 2.50. The highest BCUT2D eigenvalue weighted by atomic mass is 16.3. The smallest absolute Gasteiger partial charge is 0.268 e. The summed E-state index contributed by atoms with van der Waals surface area (Å²) in [6.45, 7) is 2.38. The molecule has 31 heavy (non-hydrogen) atoms. The molecule has 1 aliphatic heterocycles. The minimum Gasteiger partial charge on any atom is -0.372 e. The Bertz CT molecular complexity index is 1230. The van der Waals surface area contributed by atoms with Gasteiger partial charge in [0.15, 0.2) is 5.60 Å². The van der Waals surface area contributed by atoms with E-state index in [1.807, 2.05) is 91.9 Å². The molecule has 0 bridgehead atoms. The second-order valence-electron chi connectivity index (χ2n) is 7.92. The Morgan fingerprint density at radius 2 is 1.48 bits per heavy atom.